The number of hydrogen-bond donors (Lipinski definition) is 2. The molecule has 0 aliphatic heterocycles. The summed E-state index contributed by atoms with van der Waals surface area (Å²) in [6, 6.07) is 5.41. The van der Waals surface area contributed by atoms with Crippen molar-refractivity contribution in [3.05, 3.63) is 53.2 Å². The quantitative estimate of drug-likeness (QED) is 0.409. The molecule has 0 radical (unpaired) electrons. The molecule has 12 heteroatoms. The van der Waals surface area contributed by atoms with Crippen LogP contribution in [0.25, 0.3) is 11.3 Å². The van der Waals surface area contributed by atoms with Gasteiger partial charge in [0.15, 0.2) is 5.69 Å². The zero-order chi connectivity index (χ0) is 23.4. The van der Waals surface area contributed by atoms with Crippen LogP contribution in [0.1, 0.15) is 35.8 Å². The van der Waals surface area contributed by atoms with E-state index in [1.54, 1.807) is 0 Å². The largest absolute Gasteiger partial charge is 0.433 e. The van der Waals surface area contributed by atoms with Crippen molar-refractivity contribution in [2.75, 3.05) is 13.1 Å². The molecule has 0 bridgehead atoms. The second-order valence-electron chi connectivity index (χ2n) is 6.65. The highest BCUT2D eigenvalue weighted by Crippen LogP contribution is 2.36. The number of hydrogen-bond acceptors (Lipinski definition) is 3. The molecular formula is C19H17F9N2O. The molecule has 172 valence electrons. The van der Waals surface area contributed by atoms with Crippen LogP contribution in [-0.2, 0) is 12.4 Å². The molecule has 2 N–H and O–H groups in total. The van der Waals surface area contributed by atoms with E-state index in [1.165, 1.54) is 0 Å². The molecule has 2 rings (SSSR count). The number of aromatic nitrogens is 1. The molecule has 0 amide bonds. The highest BCUT2D eigenvalue weighted by Gasteiger charge is 2.37. The Morgan fingerprint density at radius 3 is 1.97 bits per heavy atom. The molecular weight excluding hydrogens is 443 g/mol. The third-order valence-corrected chi connectivity index (χ3v) is 4.21. The first-order chi connectivity index (χ1) is 14.2. The maximum Gasteiger partial charge on any atom is 0.433 e. The lowest BCUT2D eigenvalue weighted by molar-refractivity contribution is -0.143. The first kappa shape index (κ1) is 24.9. The Labute approximate surface area is 170 Å². The van der Waals surface area contributed by atoms with Gasteiger partial charge in [-0.1, -0.05) is 18.2 Å². The molecule has 31 heavy (non-hydrogen) atoms. The summed E-state index contributed by atoms with van der Waals surface area (Å²) in [6.07, 6.45) is -17.0. The van der Waals surface area contributed by atoms with Crippen molar-refractivity contribution in [3.8, 4) is 11.3 Å². The summed E-state index contributed by atoms with van der Waals surface area (Å²) in [7, 11) is 0. The lowest BCUT2D eigenvalue weighted by atomic mass is 10.0. The van der Waals surface area contributed by atoms with Gasteiger partial charge in [-0.2, -0.15) is 39.5 Å². The van der Waals surface area contributed by atoms with E-state index in [9.17, 15) is 44.6 Å². The number of rotatable bonds is 7. The van der Waals surface area contributed by atoms with Crippen LogP contribution >= 0.6 is 0 Å². The van der Waals surface area contributed by atoms with Gasteiger partial charge in [0, 0.05) is 24.1 Å². The van der Waals surface area contributed by atoms with Crippen LogP contribution in [-0.4, -0.2) is 29.4 Å². The van der Waals surface area contributed by atoms with Crippen molar-refractivity contribution >= 4 is 0 Å². The van der Waals surface area contributed by atoms with E-state index in [-0.39, 0.29) is 24.2 Å². The summed E-state index contributed by atoms with van der Waals surface area (Å²) in [5.74, 6) is 0. The smallest absolute Gasteiger partial charge is 0.387 e. The number of benzene rings is 1. The first-order valence-electron chi connectivity index (χ1n) is 8.90. The molecule has 0 fully saturated rings. The zero-order valence-electron chi connectivity index (χ0n) is 15.7. The predicted octanol–water partition coefficient (Wildman–Crippen LogP) is 5.75. The minimum atomic E-state index is -4.98. The Morgan fingerprint density at radius 2 is 1.45 bits per heavy atom. The SMILES string of the molecule is O[C@@H](CNCCCC(F)(F)F)c1ccc(-c2ccc(C(F)(F)F)cc2)nc1C(F)(F)F. The summed E-state index contributed by atoms with van der Waals surface area (Å²) in [6.45, 7) is -0.614. The average Bonchev–Trinajstić information content (AvgIpc) is 2.65. The van der Waals surface area contributed by atoms with Gasteiger partial charge in [0.2, 0.25) is 0 Å². The Kier molecular flexibility index (Phi) is 7.58. The number of halogens is 9. The molecule has 0 aliphatic rings. The van der Waals surface area contributed by atoms with E-state index in [4.69, 9.17) is 0 Å². The van der Waals surface area contributed by atoms with E-state index in [1.807, 2.05) is 0 Å². The fraction of sp³-hybridized carbons (Fsp3) is 0.421. The molecule has 3 nitrogen and oxygen atoms in total. The minimum absolute atomic E-state index is 0.00446. The standard InChI is InChI=1S/C19H17F9N2O/c20-17(21,22)8-1-9-29-10-15(31)13-6-7-14(30-16(13)19(26,27)28)11-2-4-12(5-3-11)18(23,24)25/h2-7,15,29,31H,1,8-10H2/t15-/m0/s1. The highest BCUT2D eigenvalue weighted by molar-refractivity contribution is 5.60. The van der Waals surface area contributed by atoms with Crippen molar-refractivity contribution in [2.45, 2.75) is 37.5 Å². The topological polar surface area (TPSA) is 45.1 Å². The van der Waals surface area contributed by atoms with Crippen molar-refractivity contribution in [1.29, 1.82) is 0 Å². The summed E-state index contributed by atoms with van der Waals surface area (Å²) in [5.41, 5.74) is -3.27. The van der Waals surface area contributed by atoms with Gasteiger partial charge >= 0.3 is 18.5 Å². The number of nitrogens with zero attached hydrogens (tertiary/aromatic N) is 1. The highest BCUT2D eigenvalue weighted by atomic mass is 19.4. The van der Waals surface area contributed by atoms with E-state index in [0.717, 1.165) is 24.3 Å². The third-order valence-electron chi connectivity index (χ3n) is 4.21. The molecule has 0 aliphatic carbocycles. The number of alkyl halides is 9. The van der Waals surface area contributed by atoms with Crippen LogP contribution in [0, 0.1) is 0 Å². The number of pyridine rings is 1. The molecule has 2 aromatic rings. The van der Waals surface area contributed by atoms with E-state index < -0.39 is 54.4 Å². The predicted molar refractivity (Wildman–Crippen MR) is 92.8 cm³/mol. The minimum Gasteiger partial charge on any atom is -0.387 e. The molecule has 1 atom stereocenters. The number of nitrogens with one attached hydrogen (secondary N) is 1. The van der Waals surface area contributed by atoms with Gasteiger partial charge in [0.25, 0.3) is 0 Å². The summed E-state index contributed by atoms with van der Waals surface area (Å²) < 4.78 is 114. The average molecular weight is 460 g/mol. The van der Waals surface area contributed by atoms with Gasteiger partial charge in [-0.15, -0.1) is 0 Å². The first-order valence-corrected chi connectivity index (χ1v) is 8.90. The fourth-order valence-electron chi connectivity index (χ4n) is 2.72. The lowest BCUT2D eigenvalue weighted by Crippen LogP contribution is -2.26. The number of aliphatic hydroxyl groups is 1. The van der Waals surface area contributed by atoms with Gasteiger partial charge in [0.1, 0.15) is 0 Å². The van der Waals surface area contributed by atoms with Gasteiger partial charge < -0.3 is 10.4 Å². The maximum absolute atomic E-state index is 13.4. The lowest BCUT2D eigenvalue weighted by Gasteiger charge is -2.18. The molecule has 0 unspecified atom stereocenters. The second-order valence-corrected chi connectivity index (χ2v) is 6.65. The summed E-state index contributed by atoms with van der Waals surface area (Å²) >= 11 is 0. The monoisotopic (exact) mass is 460 g/mol. The Balaban J connectivity index is 2.18. The Hall–Kier alpha value is -2.34. The van der Waals surface area contributed by atoms with E-state index in [2.05, 4.69) is 10.3 Å². The second kappa shape index (κ2) is 9.43. The molecule has 1 aromatic carbocycles. The zero-order valence-corrected chi connectivity index (χ0v) is 15.7. The van der Waals surface area contributed by atoms with Gasteiger partial charge in [-0.25, -0.2) is 4.98 Å². The van der Waals surface area contributed by atoms with Crippen molar-refractivity contribution in [2.24, 2.45) is 0 Å². The normalized spacial score (nSPS) is 14.0. The van der Waals surface area contributed by atoms with Gasteiger partial charge in [-0.3, -0.25) is 0 Å². The summed E-state index contributed by atoms with van der Waals surface area (Å²) in [5, 5.41) is 12.5. The van der Waals surface area contributed by atoms with Crippen LogP contribution in [0.3, 0.4) is 0 Å². The fourth-order valence-corrected chi connectivity index (χ4v) is 2.72. The molecule has 0 saturated heterocycles. The molecule has 1 heterocycles. The van der Waals surface area contributed by atoms with Crippen LogP contribution in [0.5, 0.6) is 0 Å². The van der Waals surface area contributed by atoms with Gasteiger partial charge in [-0.05, 0) is 31.2 Å². The van der Waals surface area contributed by atoms with E-state index >= 15 is 0 Å². The maximum atomic E-state index is 13.4. The Bertz CT molecular complexity index is 859. The number of aliphatic hydroxyl groups excluding tert-OH is 1. The van der Waals surface area contributed by atoms with Crippen LogP contribution < -0.4 is 5.32 Å². The molecule has 0 saturated carbocycles. The van der Waals surface area contributed by atoms with E-state index in [0.29, 0.717) is 12.1 Å². The van der Waals surface area contributed by atoms with Crippen molar-refractivity contribution < 1.29 is 44.6 Å². The van der Waals surface area contributed by atoms with Gasteiger partial charge in [0.05, 0.1) is 17.4 Å². The Morgan fingerprint density at radius 1 is 0.839 bits per heavy atom. The summed E-state index contributed by atoms with van der Waals surface area (Å²) in [4.78, 5) is 3.46. The van der Waals surface area contributed by atoms with Crippen LogP contribution in [0.2, 0.25) is 0 Å². The third kappa shape index (κ3) is 7.39. The van der Waals surface area contributed by atoms with Crippen molar-refractivity contribution in [3.63, 3.8) is 0 Å². The van der Waals surface area contributed by atoms with Crippen molar-refractivity contribution in [1.82, 2.24) is 10.3 Å². The molecule has 0 spiro atoms. The van der Waals surface area contributed by atoms with Crippen LogP contribution in [0.15, 0.2) is 36.4 Å². The molecule has 1 aromatic heterocycles. The van der Waals surface area contributed by atoms with Crippen LogP contribution in [0.4, 0.5) is 39.5 Å².